The smallest absolute Gasteiger partial charge is 0.254 e. The van der Waals surface area contributed by atoms with Gasteiger partial charge < -0.3 is 0 Å². The second-order valence-electron chi connectivity index (χ2n) is 12.0. The van der Waals surface area contributed by atoms with Crippen LogP contribution in [0.25, 0.3) is 43.1 Å². The Labute approximate surface area is 303 Å². The second-order valence-corrected chi connectivity index (χ2v) is 12.4. The van der Waals surface area contributed by atoms with Crippen LogP contribution in [0.2, 0.25) is 0 Å². The highest BCUT2D eigenvalue weighted by molar-refractivity contribution is 6.66. The van der Waals surface area contributed by atoms with Gasteiger partial charge in [-0.2, -0.15) is 0 Å². The number of nitrogens with zero attached hydrogens (tertiary/aromatic N) is 1. The van der Waals surface area contributed by atoms with Crippen molar-refractivity contribution in [3.8, 4) is 0 Å². The molecular weight excluding hydrogens is 646 g/mol. The molecule has 4 heteroatoms. The number of fused-ring (bicyclic) bond motifs is 4. The molecule has 0 spiro atoms. The molecule has 0 N–H and O–H groups in total. The lowest BCUT2D eigenvalue weighted by Gasteiger charge is -2.22. The molecule has 0 atom stereocenters. The van der Waals surface area contributed by atoms with Crippen LogP contribution in [0.3, 0.4) is 0 Å². The van der Waals surface area contributed by atoms with Crippen LogP contribution in [0.1, 0.15) is 11.1 Å². The van der Waals surface area contributed by atoms with Crippen LogP contribution in [0.5, 0.6) is 0 Å². The molecule has 0 bridgehead atoms. The first-order valence-electron chi connectivity index (χ1n) is 16.6. The zero-order valence-corrected chi connectivity index (χ0v) is 28.8. The summed E-state index contributed by atoms with van der Waals surface area (Å²) in [4.78, 5) is 23.8. The van der Waals surface area contributed by atoms with E-state index in [0.29, 0.717) is 0 Å². The number of carbonyl (C=O) groups is 2. The van der Waals surface area contributed by atoms with Gasteiger partial charge in [0.15, 0.2) is 0 Å². The van der Waals surface area contributed by atoms with E-state index in [9.17, 15) is 9.59 Å². The molecule has 0 aliphatic heterocycles. The number of amides is 1. The fourth-order valence-electron chi connectivity index (χ4n) is 6.06. The van der Waals surface area contributed by atoms with E-state index in [2.05, 4.69) is 122 Å². The molecule has 0 heterocycles. The number of hydrogen-bond acceptors (Lipinski definition) is 2. The third kappa shape index (κ3) is 8.66. The maximum Gasteiger partial charge on any atom is 0.254 e. The molecule has 8 aromatic rings. The van der Waals surface area contributed by atoms with Crippen molar-refractivity contribution >= 4 is 77.2 Å². The van der Waals surface area contributed by atoms with Crippen molar-refractivity contribution in [2.75, 3.05) is 4.90 Å². The third-order valence-corrected chi connectivity index (χ3v) is 8.73. The first kappa shape index (κ1) is 34.6. The first-order chi connectivity index (χ1) is 24.9. The molecule has 0 radical (unpaired) electrons. The van der Waals surface area contributed by atoms with E-state index >= 15 is 0 Å². The minimum absolute atomic E-state index is 0.148. The van der Waals surface area contributed by atoms with Gasteiger partial charge in [-0.1, -0.05) is 159 Å². The molecular formula is C47H36ClNO2. The van der Waals surface area contributed by atoms with E-state index in [1.807, 2.05) is 60.7 Å². The molecule has 8 rings (SSSR count). The maximum absolute atomic E-state index is 12.6. The molecule has 248 valence electrons. The predicted octanol–water partition coefficient (Wildman–Crippen LogP) is 12.4. The van der Waals surface area contributed by atoms with Crippen molar-refractivity contribution < 1.29 is 9.59 Å². The van der Waals surface area contributed by atoms with Gasteiger partial charge >= 0.3 is 0 Å². The summed E-state index contributed by atoms with van der Waals surface area (Å²) in [7, 11) is 0. The van der Waals surface area contributed by atoms with Crippen molar-refractivity contribution in [2.24, 2.45) is 0 Å². The lowest BCUT2D eigenvalue weighted by Crippen LogP contribution is -2.23. The van der Waals surface area contributed by atoms with Crippen LogP contribution in [0.4, 0.5) is 11.4 Å². The van der Waals surface area contributed by atoms with E-state index < -0.39 is 5.24 Å². The lowest BCUT2D eigenvalue weighted by atomic mass is 9.99. The Hall–Kier alpha value is -6.29. The summed E-state index contributed by atoms with van der Waals surface area (Å²) in [6.07, 6.45) is 3.38. The molecule has 0 saturated carbocycles. The van der Waals surface area contributed by atoms with Gasteiger partial charge in [0.05, 0.1) is 0 Å². The van der Waals surface area contributed by atoms with Crippen molar-refractivity contribution in [3.63, 3.8) is 0 Å². The Morgan fingerprint density at radius 2 is 0.765 bits per heavy atom. The van der Waals surface area contributed by atoms with E-state index in [1.165, 1.54) is 38.7 Å². The number of hydrogen-bond donors (Lipinski definition) is 0. The Morgan fingerprint density at radius 3 is 1.10 bits per heavy atom. The molecule has 1 amide bonds. The summed E-state index contributed by atoms with van der Waals surface area (Å²) in [5.74, 6) is -0.148. The van der Waals surface area contributed by atoms with Gasteiger partial charge in [0.2, 0.25) is 5.24 Å². The Kier molecular flexibility index (Phi) is 11.1. The maximum atomic E-state index is 12.6. The van der Waals surface area contributed by atoms with Gasteiger partial charge in [0, 0.05) is 11.4 Å². The monoisotopic (exact) mass is 681 g/mol. The van der Waals surface area contributed by atoms with Crippen molar-refractivity contribution in [1.29, 1.82) is 0 Å². The van der Waals surface area contributed by atoms with Crippen LogP contribution < -0.4 is 4.90 Å². The quantitative estimate of drug-likeness (QED) is 0.129. The van der Waals surface area contributed by atoms with Crippen LogP contribution >= 0.6 is 11.6 Å². The molecule has 0 aliphatic rings. The molecule has 51 heavy (non-hydrogen) atoms. The zero-order valence-electron chi connectivity index (χ0n) is 28.1. The standard InChI is InChI=1S/C23H17NO.C21H16.C3H3ClO/c1-2-23(25)24(21-13-11-17-7-3-5-9-19(17)15-21)22-14-12-18-8-4-6-10-20(18)16-22;1-3-7-20-14-16(9-11-18(20)5-1)13-17-10-12-19-6-2-4-8-21(19)15-17;1-2-3(4)5/h2-16H,1H2;1-12,14-15H,13H2;2H,1H2. The molecule has 0 unspecified atom stereocenters. The number of rotatable bonds is 6. The fourth-order valence-corrected chi connectivity index (χ4v) is 6.06. The summed E-state index contributed by atoms with van der Waals surface area (Å²) in [5, 5.41) is 9.23. The van der Waals surface area contributed by atoms with Crippen LogP contribution in [-0.2, 0) is 16.0 Å². The molecule has 0 saturated heterocycles. The zero-order chi connectivity index (χ0) is 35.6. The number of carbonyl (C=O) groups excluding carboxylic acids is 2. The van der Waals surface area contributed by atoms with Gasteiger partial charge in [0.1, 0.15) is 0 Å². The van der Waals surface area contributed by atoms with Gasteiger partial charge in [-0.15, -0.1) is 0 Å². The fraction of sp³-hybridized carbons (Fsp3) is 0.0213. The summed E-state index contributed by atoms with van der Waals surface area (Å²) in [6, 6.07) is 58.9. The summed E-state index contributed by atoms with van der Waals surface area (Å²) in [5.41, 5.74) is 4.39. The van der Waals surface area contributed by atoms with Gasteiger partial charge in [-0.25, -0.2) is 0 Å². The number of benzene rings is 8. The van der Waals surface area contributed by atoms with E-state index in [4.69, 9.17) is 11.6 Å². The molecule has 3 nitrogen and oxygen atoms in total. The highest BCUT2D eigenvalue weighted by Gasteiger charge is 2.16. The topological polar surface area (TPSA) is 37.4 Å². The molecule has 8 aromatic carbocycles. The van der Waals surface area contributed by atoms with Crippen LogP contribution in [0, 0.1) is 0 Å². The van der Waals surface area contributed by atoms with Crippen molar-refractivity contribution in [3.05, 3.63) is 206 Å². The Morgan fingerprint density at radius 1 is 0.451 bits per heavy atom. The molecule has 0 aliphatic carbocycles. The predicted molar refractivity (Wildman–Crippen MR) is 217 cm³/mol. The van der Waals surface area contributed by atoms with Crippen LogP contribution in [0.15, 0.2) is 195 Å². The average Bonchev–Trinajstić information content (AvgIpc) is 3.18. The number of anilines is 2. The number of halogens is 1. The van der Waals surface area contributed by atoms with E-state index in [1.54, 1.807) is 4.90 Å². The number of allylic oxidation sites excluding steroid dienone is 1. The van der Waals surface area contributed by atoms with Gasteiger partial charge in [-0.3, -0.25) is 14.5 Å². The molecule has 0 aromatic heterocycles. The lowest BCUT2D eigenvalue weighted by molar-refractivity contribution is -0.113. The Balaban J connectivity index is 0.000000157. The van der Waals surface area contributed by atoms with Crippen molar-refractivity contribution in [1.82, 2.24) is 0 Å². The van der Waals surface area contributed by atoms with Gasteiger partial charge in [-0.05, 0) is 109 Å². The highest BCUT2D eigenvalue weighted by Crippen LogP contribution is 2.31. The third-order valence-electron chi connectivity index (χ3n) is 8.57. The van der Waals surface area contributed by atoms with E-state index in [0.717, 1.165) is 45.4 Å². The largest absolute Gasteiger partial charge is 0.278 e. The highest BCUT2D eigenvalue weighted by atomic mass is 35.5. The van der Waals surface area contributed by atoms with Crippen LogP contribution in [-0.4, -0.2) is 11.1 Å². The normalized spacial score (nSPS) is 10.5. The molecule has 0 fully saturated rings. The van der Waals surface area contributed by atoms with Gasteiger partial charge in [0.25, 0.3) is 5.91 Å². The minimum atomic E-state index is -0.509. The summed E-state index contributed by atoms with van der Waals surface area (Å²) in [6.45, 7) is 6.74. The second kappa shape index (κ2) is 16.4. The van der Waals surface area contributed by atoms with E-state index in [-0.39, 0.29) is 5.91 Å². The first-order valence-corrected chi connectivity index (χ1v) is 17.0. The Bertz CT molecular complexity index is 2360. The summed E-state index contributed by atoms with van der Waals surface area (Å²) >= 11 is 4.71. The average molecular weight is 682 g/mol. The van der Waals surface area contributed by atoms with Crippen molar-refractivity contribution in [2.45, 2.75) is 6.42 Å². The summed E-state index contributed by atoms with van der Waals surface area (Å²) < 4.78 is 0. The minimum Gasteiger partial charge on any atom is -0.278 e. The SMILES string of the molecule is C=CC(=O)Cl.C=CC(=O)N(c1ccc2ccccc2c1)c1ccc2ccccc2c1.c1ccc2cc(Cc3ccc4ccccc4c3)ccc2c1.